The normalized spacial score (nSPS) is 15.1. The second-order valence-corrected chi connectivity index (χ2v) is 14.7. The molecule has 2 aliphatic rings. The van der Waals surface area contributed by atoms with Gasteiger partial charge in [0.2, 0.25) is 17.7 Å². The number of thiophene rings is 1. The summed E-state index contributed by atoms with van der Waals surface area (Å²) in [5.74, 6) is 1.89. The molecule has 0 atom stereocenters. The minimum atomic E-state index is -0.179. The van der Waals surface area contributed by atoms with Gasteiger partial charge in [-0.3, -0.25) is 24.7 Å². The fourth-order valence-corrected chi connectivity index (χ4v) is 9.25. The van der Waals surface area contributed by atoms with Crippen molar-refractivity contribution in [1.29, 1.82) is 0 Å². The lowest BCUT2D eigenvalue weighted by Crippen LogP contribution is -2.29. The van der Waals surface area contributed by atoms with Crippen LogP contribution in [0.3, 0.4) is 0 Å². The smallest absolute Gasteiger partial charge is 0.229 e. The average Bonchev–Trinajstić information content (AvgIpc) is 3.84. The van der Waals surface area contributed by atoms with Crippen molar-refractivity contribution in [3.8, 4) is 21.9 Å². The summed E-state index contributed by atoms with van der Waals surface area (Å²) in [6.07, 6.45) is 1.98. The monoisotopic (exact) mass is 679 g/mol. The van der Waals surface area contributed by atoms with Crippen LogP contribution in [0.15, 0.2) is 57.4 Å². The molecule has 0 aliphatic carbocycles. The van der Waals surface area contributed by atoms with Crippen molar-refractivity contribution in [2.45, 2.75) is 53.1 Å². The molecule has 0 saturated heterocycles. The number of hydrogen-bond acceptors (Lipinski definition) is 9. The highest BCUT2D eigenvalue weighted by molar-refractivity contribution is 7.21. The van der Waals surface area contributed by atoms with Gasteiger partial charge in [-0.05, 0) is 61.3 Å². The first-order chi connectivity index (χ1) is 23.4. The number of benzene rings is 2. The molecule has 9 nitrogen and oxygen atoms in total. The lowest BCUT2D eigenvalue weighted by molar-refractivity contribution is -0.116. The van der Waals surface area contributed by atoms with Gasteiger partial charge in [-0.2, -0.15) is 0 Å². The van der Waals surface area contributed by atoms with E-state index in [1.165, 1.54) is 17.4 Å². The molecule has 6 aromatic rings. The number of carbonyl (C=O) groups excluding carboxylic acids is 2. The first-order valence-electron chi connectivity index (χ1n) is 16.6. The number of anilines is 2. The Morgan fingerprint density at radius 2 is 1.69 bits per heavy atom. The first kappa shape index (κ1) is 31.0. The van der Waals surface area contributed by atoms with Gasteiger partial charge in [-0.15, -0.1) is 22.7 Å². The highest BCUT2D eigenvalue weighted by atomic mass is 32.1. The van der Waals surface area contributed by atoms with E-state index in [4.69, 9.17) is 13.8 Å². The number of nitrogens with zero attached hydrogens (tertiary/aromatic N) is 3. The van der Waals surface area contributed by atoms with Crippen LogP contribution in [0.4, 0.5) is 10.9 Å². The lowest BCUT2D eigenvalue weighted by Gasteiger charge is -2.25. The summed E-state index contributed by atoms with van der Waals surface area (Å²) >= 11 is 3.24. The van der Waals surface area contributed by atoms with Crippen LogP contribution in [0.25, 0.3) is 43.1 Å². The molecule has 48 heavy (non-hydrogen) atoms. The SMILES string of the molecule is CCN1CCc2c(oc(NC(C)=O)c2-c2nc3cc(CC(=O)Nc4sc5c(c4-c4cc6ccccc6o4)CCN(CC)C5)ccc3s2)C1. The van der Waals surface area contributed by atoms with Crippen LogP contribution < -0.4 is 10.6 Å². The highest BCUT2D eigenvalue weighted by Crippen LogP contribution is 2.46. The molecule has 2 aromatic carbocycles. The van der Waals surface area contributed by atoms with Gasteiger partial charge in [-0.25, -0.2) is 4.98 Å². The third kappa shape index (κ3) is 5.74. The second kappa shape index (κ2) is 12.6. The van der Waals surface area contributed by atoms with Crippen LogP contribution in [0.2, 0.25) is 0 Å². The van der Waals surface area contributed by atoms with E-state index in [2.05, 4.69) is 46.4 Å². The zero-order valence-electron chi connectivity index (χ0n) is 27.3. The number of hydrogen-bond donors (Lipinski definition) is 2. The number of aromatic nitrogens is 1. The Bertz CT molecular complexity index is 2160. The Hall–Kier alpha value is -4.29. The fraction of sp³-hybridized carbons (Fsp3) is 0.324. The molecule has 2 amide bonds. The summed E-state index contributed by atoms with van der Waals surface area (Å²) < 4.78 is 13.5. The zero-order valence-corrected chi connectivity index (χ0v) is 28.9. The first-order valence-corrected chi connectivity index (χ1v) is 18.2. The maximum atomic E-state index is 13.6. The Morgan fingerprint density at radius 3 is 2.48 bits per heavy atom. The molecular formula is C37H37N5O4S2. The van der Waals surface area contributed by atoms with Crippen LogP contribution in [-0.2, 0) is 41.9 Å². The number of amides is 2. The van der Waals surface area contributed by atoms with Gasteiger partial charge in [-0.1, -0.05) is 38.1 Å². The number of thiazole rings is 1. The van der Waals surface area contributed by atoms with Gasteiger partial charge < -0.3 is 14.2 Å². The summed E-state index contributed by atoms with van der Waals surface area (Å²) in [4.78, 5) is 36.8. The number of furan rings is 2. The van der Waals surface area contributed by atoms with Crippen molar-refractivity contribution in [2.75, 3.05) is 36.8 Å². The summed E-state index contributed by atoms with van der Waals surface area (Å²) in [6, 6.07) is 16.1. The molecule has 0 bridgehead atoms. The maximum absolute atomic E-state index is 13.6. The molecule has 6 heterocycles. The second-order valence-electron chi connectivity index (χ2n) is 12.5. The number of rotatable bonds is 8. The van der Waals surface area contributed by atoms with Gasteiger partial charge in [0, 0.05) is 42.4 Å². The number of para-hydroxylation sites is 1. The summed E-state index contributed by atoms with van der Waals surface area (Å²) in [7, 11) is 0. The van der Waals surface area contributed by atoms with E-state index in [9.17, 15) is 9.59 Å². The van der Waals surface area contributed by atoms with Crippen molar-refractivity contribution in [3.63, 3.8) is 0 Å². The predicted molar refractivity (Wildman–Crippen MR) is 193 cm³/mol. The van der Waals surface area contributed by atoms with Gasteiger partial charge in [0.15, 0.2) is 0 Å². The average molecular weight is 680 g/mol. The number of likely N-dealkylation sites (N-methyl/N-ethyl adjacent to an activating group) is 2. The van der Waals surface area contributed by atoms with Crippen LogP contribution in [0.1, 0.15) is 48.1 Å². The van der Waals surface area contributed by atoms with E-state index in [1.54, 1.807) is 22.7 Å². The van der Waals surface area contributed by atoms with Crippen molar-refractivity contribution < 1.29 is 18.4 Å². The highest BCUT2D eigenvalue weighted by Gasteiger charge is 2.30. The Morgan fingerprint density at radius 1 is 0.896 bits per heavy atom. The van der Waals surface area contributed by atoms with Crippen LogP contribution in [0, 0.1) is 0 Å². The van der Waals surface area contributed by atoms with E-state index in [0.29, 0.717) is 12.4 Å². The molecule has 0 saturated carbocycles. The number of nitrogens with one attached hydrogen (secondary N) is 2. The van der Waals surface area contributed by atoms with E-state index in [1.807, 2.05) is 36.4 Å². The lowest BCUT2D eigenvalue weighted by atomic mass is 10.0. The molecule has 0 spiro atoms. The van der Waals surface area contributed by atoms with Crippen molar-refractivity contribution in [2.24, 2.45) is 0 Å². The predicted octanol–water partition coefficient (Wildman–Crippen LogP) is 7.93. The van der Waals surface area contributed by atoms with Crippen molar-refractivity contribution >= 4 is 66.6 Å². The number of carbonyl (C=O) groups is 2. The summed E-state index contributed by atoms with van der Waals surface area (Å²) in [5.41, 5.74) is 6.82. The van der Waals surface area contributed by atoms with Crippen molar-refractivity contribution in [1.82, 2.24) is 14.8 Å². The summed E-state index contributed by atoms with van der Waals surface area (Å²) in [6.45, 7) is 11.3. The van der Waals surface area contributed by atoms with Crippen LogP contribution >= 0.6 is 22.7 Å². The molecular weight excluding hydrogens is 643 g/mol. The molecule has 0 fully saturated rings. The van der Waals surface area contributed by atoms with E-state index in [0.717, 1.165) is 111 Å². The van der Waals surface area contributed by atoms with E-state index >= 15 is 0 Å². The summed E-state index contributed by atoms with van der Waals surface area (Å²) in [5, 5.41) is 8.86. The molecule has 0 radical (unpaired) electrons. The third-order valence-corrected chi connectivity index (χ3v) is 11.6. The third-order valence-electron chi connectivity index (χ3n) is 9.41. The maximum Gasteiger partial charge on any atom is 0.229 e. The van der Waals surface area contributed by atoms with E-state index < -0.39 is 0 Å². The van der Waals surface area contributed by atoms with Crippen molar-refractivity contribution in [3.05, 3.63) is 75.9 Å². The Kier molecular flexibility index (Phi) is 8.16. The Balaban J connectivity index is 1.07. The molecule has 2 aliphatic heterocycles. The molecule has 8 rings (SSSR count). The number of fused-ring (bicyclic) bond motifs is 4. The van der Waals surface area contributed by atoms with Gasteiger partial charge in [0.05, 0.1) is 34.3 Å². The van der Waals surface area contributed by atoms with E-state index in [-0.39, 0.29) is 18.2 Å². The van der Waals surface area contributed by atoms with Gasteiger partial charge in [0.25, 0.3) is 0 Å². The minimum absolute atomic E-state index is 0.0783. The quantitative estimate of drug-likeness (QED) is 0.168. The zero-order chi connectivity index (χ0) is 32.9. The topological polar surface area (TPSA) is 104 Å². The Labute approximate surface area is 286 Å². The fourth-order valence-electron chi connectivity index (χ4n) is 6.93. The standard InChI is InChI=1S/C37H37N5O4S2/c1-4-41-14-12-24-29(19-41)46-35(38-21(3)43)34(24)37-39-26-16-22(10-11-30(26)47-37)17-32(44)40-36-33(25-13-15-42(5-2)20-31(25)48-36)28-18-23-8-6-7-9-27(23)45-28/h6-11,16,18H,4-5,12-15,17,19-20H2,1-3H3,(H,38,43)(H,40,44). The van der Waals surface area contributed by atoms with Gasteiger partial charge >= 0.3 is 0 Å². The molecule has 246 valence electrons. The molecule has 11 heteroatoms. The minimum Gasteiger partial charge on any atom is -0.456 e. The van der Waals surface area contributed by atoms with Gasteiger partial charge in [0.1, 0.15) is 27.1 Å². The molecule has 4 aromatic heterocycles. The van der Waals surface area contributed by atoms with Crippen LogP contribution in [-0.4, -0.2) is 52.8 Å². The molecule has 2 N–H and O–H groups in total. The molecule has 0 unspecified atom stereocenters. The largest absolute Gasteiger partial charge is 0.456 e. The van der Waals surface area contributed by atoms with Crippen LogP contribution in [0.5, 0.6) is 0 Å².